The Balaban J connectivity index is 1.75. The molecule has 1 aromatic carbocycles. The lowest BCUT2D eigenvalue weighted by Gasteiger charge is -2.28. The molecule has 0 fully saturated rings. The number of ether oxygens (including phenoxy) is 1. The van der Waals surface area contributed by atoms with Crippen LogP contribution in [0.4, 0.5) is 5.69 Å². The maximum atomic E-state index is 12.1. The van der Waals surface area contributed by atoms with Gasteiger partial charge in [-0.25, -0.2) is 4.98 Å². The monoisotopic (exact) mass is 356 g/mol. The van der Waals surface area contributed by atoms with Crippen molar-refractivity contribution in [2.75, 3.05) is 18.1 Å². The lowest BCUT2D eigenvalue weighted by molar-refractivity contribution is -0.121. The van der Waals surface area contributed by atoms with Crippen molar-refractivity contribution in [3.8, 4) is 17.0 Å². The van der Waals surface area contributed by atoms with Gasteiger partial charge < -0.3 is 15.4 Å². The van der Waals surface area contributed by atoms with Crippen molar-refractivity contribution in [3.05, 3.63) is 35.5 Å². The Morgan fingerprint density at radius 2 is 2.28 bits per heavy atom. The first-order valence-electron chi connectivity index (χ1n) is 8.35. The highest BCUT2D eigenvalue weighted by molar-refractivity contribution is 7.15. The molecule has 1 unspecified atom stereocenters. The Bertz CT molecular complexity index is 944. The lowest BCUT2D eigenvalue weighted by atomic mass is 10.1. The summed E-state index contributed by atoms with van der Waals surface area (Å²) in [6.45, 7) is 4.68. The molecule has 2 N–H and O–H groups in total. The van der Waals surface area contributed by atoms with E-state index < -0.39 is 0 Å². The summed E-state index contributed by atoms with van der Waals surface area (Å²) in [6, 6.07) is 5.98. The molecule has 4 rings (SSSR count). The van der Waals surface area contributed by atoms with Crippen LogP contribution in [0.15, 0.2) is 29.8 Å². The number of hydrogen-bond donors (Lipinski definition) is 1. The van der Waals surface area contributed by atoms with Crippen LogP contribution in [0.5, 0.6) is 5.75 Å². The van der Waals surface area contributed by atoms with Crippen LogP contribution in [-0.2, 0) is 11.2 Å². The number of carbonyl (C=O) groups excluding carboxylic acids is 1. The van der Waals surface area contributed by atoms with Crippen LogP contribution in [-0.4, -0.2) is 34.5 Å². The third-order valence-corrected chi connectivity index (χ3v) is 5.22. The van der Waals surface area contributed by atoms with Crippen molar-refractivity contribution < 1.29 is 9.53 Å². The molecule has 0 radical (unpaired) electrons. The number of hydrogen-bond acceptors (Lipinski definition) is 5. The molecule has 1 atom stereocenters. The van der Waals surface area contributed by atoms with Crippen LogP contribution in [0.2, 0.25) is 0 Å². The van der Waals surface area contributed by atoms with Crippen LogP contribution < -0.4 is 15.4 Å². The summed E-state index contributed by atoms with van der Waals surface area (Å²) in [6.07, 6.45) is 2.85. The number of fused-ring (bicyclic) bond motifs is 2. The maximum Gasteiger partial charge on any atom is 0.265 e. The number of carbonyl (C=O) groups is 1. The summed E-state index contributed by atoms with van der Waals surface area (Å²) in [5, 5.41) is 2.10. The second-order valence-electron chi connectivity index (χ2n) is 6.30. The molecule has 1 aliphatic heterocycles. The molecule has 0 spiro atoms. The average molecular weight is 356 g/mol. The Morgan fingerprint density at radius 3 is 3.04 bits per heavy atom. The minimum atomic E-state index is -0.0165. The predicted molar refractivity (Wildman–Crippen MR) is 99.4 cm³/mol. The fraction of sp³-hybridized carbons (Fsp3) is 0.333. The Morgan fingerprint density at radius 1 is 1.44 bits per heavy atom. The van der Waals surface area contributed by atoms with Crippen molar-refractivity contribution in [1.82, 2.24) is 9.38 Å². The minimum absolute atomic E-state index is 0.0165. The molecule has 6 nitrogen and oxygen atoms in total. The maximum absolute atomic E-state index is 12.1. The Labute approximate surface area is 149 Å². The van der Waals surface area contributed by atoms with Gasteiger partial charge in [0.2, 0.25) is 0 Å². The molecule has 7 heteroatoms. The van der Waals surface area contributed by atoms with Crippen molar-refractivity contribution in [2.24, 2.45) is 5.73 Å². The number of anilines is 1. The van der Waals surface area contributed by atoms with E-state index in [9.17, 15) is 4.79 Å². The summed E-state index contributed by atoms with van der Waals surface area (Å²) in [4.78, 5) is 19.5. The zero-order valence-electron chi connectivity index (χ0n) is 14.2. The Hall–Kier alpha value is -2.38. The quantitative estimate of drug-likeness (QED) is 0.780. The molecule has 1 aliphatic rings. The first-order valence-corrected chi connectivity index (χ1v) is 9.23. The normalized spacial score (nSPS) is 15.3. The number of nitrogens with zero attached hydrogens (tertiary/aromatic N) is 3. The third kappa shape index (κ3) is 2.79. The standard InChI is InChI=1S/C18H20N4O2S/c1-3-21-15-7-12(4-5-16(15)24-9-17(21)23)14-8-22-13(6-11(2)19)10-25-18(22)20-14/h4-5,7-8,10-11H,3,6,9,19H2,1-2H3. The lowest BCUT2D eigenvalue weighted by Crippen LogP contribution is -2.38. The number of likely N-dealkylation sites (N-methyl/N-ethyl adjacent to an activating group) is 1. The highest BCUT2D eigenvalue weighted by atomic mass is 32.1. The van der Waals surface area contributed by atoms with Gasteiger partial charge in [-0.05, 0) is 32.0 Å². The number of amides is 1. The van der Waals surface area contributed by atoms with Gasteiger partial charge in [-0.3, -0.25) is 9.20 Å². The first kappa shape index (κ1) is 16.1. The van der Waals surface area contributed by atoms with Gasteiger partial charge in [-0.1, -0.05) is 0 Å². The summed E-state index contributed by atoms with van der Waals surface area (Å²) >= 11 is 1.61. The van der Waals surface area contributed by atoms with Crippen molar-refractivity contribution in [3.63, 3.8) is 0 Å². The van der Waals surface area contributed by atoms with Crippen LogP contribution in [0.3, 0.4) is 0 Å². The van der Waals surface area contributed by atoms with E-state index in [4.69, 9.17) is 15.5 Å². The van der Waals surface area contributed by atoms with Gasteiger partial charge in [0, 0.05) is 41.8 Å². The molecule has 1 amide bonds. The number of nitrogens with two attached hydrogens (primary N) is 1. The van der Waals surface area contributed by atoms with Gasteiger partial charge in [0.1, 0.15) is 5.75 Å². The molecule has 130 valence electrons. The van der Waals surface area contributed by atoms with E-state index in [0.29, 0.717) is 6.54 Å². The zero-order chi connectivity index (χ0) is 17.6. The number of aromatic nitrogens is 2. The van der Waals surface area contributed by atoms with Gasteiger partial charge in [0.05, 0.1) is 11.4 Å². The highest BCUT2D eigenvalue weighted by Gasteiger charge is 2.25. The summed E-state index contributed by atoms with van der Waals surface area (Å²) < 4.78 is 7.64. The van der Waals surface area contributed by atoms with Gasteiger partial charge >= 0.3 is 0 Å². The van der Waals surface area contributed by atoms with Crippen LogP contribution >= 0.6 is 11.3 Å². The summed E-state index contributed by atoms with van der Waals surface area (Å²) in [5.74, 6) is 0.723. The number of benzene rings is 1. The van der Waals surface area contributed by atoms with Crippen molar-refractivity contribution in [1.29, 1.82) is 0 Å². The zero-order valence-corrected chi connectivity index (χ0v) is 15.0. The predicted octanol–water partition coefficient (Wildman–Crippen LogP) is 2.70. The van der Waals surface area contributed by atoms with E-state index in [1.54, 1.807) is 16.2 Å². The van der Waals surface area contributed by atoms with E-state index in [1.165, 1.54) is 5.69 Å². The van der Waals surface area contributed by atoms with Gasteiger partial charge in [-0.15, -0.1) is 11.3 Å². The van der Waals surface area contributed by atoms with Crippen LogP contribution in [0.1, 0.15) is 19.5 Å². The first-order chi connectivity index (χ1) is 12.1. The van der Waals surface area contributed by atoms with Crippen LogP contribution in [0, 0.1) is 0 Å². The number of rotatable bonds is 4. The highest BCUT2D eigenvalue weighted by Crippen LogP contribution is 2.36. The smallest absolute Gasteiger partial charge is 0.265 e. The second-order valence-corrected chi connectivity index (χ2v) is 7.13. The average Bonchev–Trinajstić information content (AvgIpc) is 3.16. The molecule has 0 saturated carbocycles. The molecular formula is C18H20N4O2S. The van der Waals surface area contributed by atoms with E-state index >= 15 is 0 Å². The van der Waals surface area contributed by atoms with Gasteiger partial charge in [-0.2, -0.15) is 0 Å². The molecule has 2 aromatic heterocycles. The second kappa shape index (κ2) is 6.16. The molecule has 3 heterocycles. The molecular weight excluding hydrogens is 336 g/mol. The van der Waals surface area contributed by atoms with Crippen LogP contribution in [0.25, 0.3) is 16.2 Å². The van der Waals surface area contributed by atoms with E-state index in [2.05, 4.69) is 9.78 Å². The number of thiazole rings is 1. The van der Waals surface area contributed by atoms with Crippen molar-refractivity contribution in [2.45, 2.75) is 26.3 Å². The topological polar surface area (TPSA) is 72.9 Å². The summed E-state index contributed by atoms with van der Waals surface area (Å²) in [7, 11) is 0. The molecule has 25 heavy (non-hydrogen) atoms. The van der Waals surface area contributed by atoms with E-state index in [0.717, 1.165) is 34.1 Å². The fourth-order valence-corrected chi connectivity index (χ4v) is 4.04. The van der Waals surface area contributed by atoms with Crippen molar-refractivity contribution >= 4 is 27.9 Å². The minimum Gasteiger partial charge on any atom is -0.482 e. The Kier molecular flexibility index (Phi) is 3.97. The molecule has 0 saturated heterocycles. The molecule has 0 bridgehead atoms. The summed E-state index contributed by atoms with van der Waals surface area (Å²) in [5.41, 5.74) is 9.76. The van der Waals surface area contributed by atoms with Gasteiger partial charge in [0.25, 0.3) is 5.91 Å². The largest absolute Gasteiger partial charge is 0.482 e. The SMILES string of the molecule is CCN1C(=O)COc2ccc(-c3cn4c(CC(C)N)csc4n3)cc21. The van der Waals surface area contributed by atoms with Gasteiger partial charge in [0.15, 0.2) is 11.6 Å². The number of imidazole rings is 1. The molecule has 0 aliphatic carbocycles. The van der Waals surface area contributed by atoms with E-state index in [1.807, 2.05) is 38.2 Å². The third-order valence-electron chi connectivity index (χ3n) is 4.33. The van der Waals surface area contributed by atoms with E-state index in [-0.39, 0.29) is 18.6 Å². The fourth-order valence-electron chi connectivity index (χ4n) is 3.15. The molecule has 3 aromatic rings.